The van der Waals surface area contributed by atoms with Crippen LogP contribution in [0.15, 0.2) is 24.3 Å². The highest BCUT2D eigenvalue weighted by Gasteiger charge is 2.05. The van der Waals surface area contributed by atoms with Gasteiger partial charge in [-0.05, 0) is 25.0 Å². The van der Waals surface area contributed by atoms with Crippen LogP contribution in [-0.4, -0.2) is 12.3 Å². The van der Waals surface area contributed by atoms with Gasteiger partial charge in [0.15, 0.2) is 0 Å². The van der Waals surface area contributed by atoms with Gasteiger partial charge >= 0.3 is 5.97 Å². The number of carbonyl (C=O) groups excluding carboxylic acids is 2. The number of hydrogen-bond acceptors (Lipinski definition) is 3. The van der Waals surface area contributed by atoms with E-state index in [1.807, 2.05) is 0 Å². The van der Waals surface area contributed by atoms with E-state index in [9.17, 15) is 14.0 Å². The molecule has 0 spiro atoms. The lowest BCUT2D eigenvalue weighted by molar-refractivity contribution is -0.134. The molecule has 0 unspecified atom stereocenters. The zero-order valence-corrected chi connectivity index (χ0v) is 9.52. The van der Waals surface area contributed by atoms with Crippen LogP contribution in [0.2, 0.25) is 0 Å². The summed E-state index contributed by atoms with van der Waals surface area (Å²) in [4.78, 5) is 21.4. The minimum Gasteiger partial charge on any atom is -0.426 e. The molecule has 1 aromatic rings. The molecule has 0 fully saturated rings. The monoisotopic (exact) mass is 238 g/mol. The first-order valence-electron chi connectivity index (χ1n) is 5.62. The second-order valence-corrected chi connectivity index (χ2v) is 3.70. The highest BCUT2D eigenvalue weighted by molar-refractivity contribution is 5.72. The smallest absolute Gasteiger partial charge is 0.311 e. The van der Waals surface area contributed by atoms with Gasteiger partial charge in [0.2, 0.25) is 0 Å². The predicted octanol–water partition coefficient (Wildman–Crippen LogP) is 2.88. The van der Waals surface area contributed by atoms with Gasteiger partial charge in [-0.2, -0.15) is 0 Å². The molecule has 0 saturated carbocycles. The molecule has 17 heavy (non-hydrogen) atoms. The van der Waals surface area contributed by atoms with E-state index in [0.717, 1.165) is 19.1 Å². The van der Waals surface area contributed by atoms with Crippen molar-refractivity contribution in [2.24, 2.45) is 0 Å². The SMILES string of the molecule is O=CCCCCCC(=O)Oc1cccc(F)c1. The maximum absolute atomic E-state index is 12.8. The maximum atomic E-state index is 12.8. The third-order valence-corrected chi connectivity index (χ3v) is 2.23. The molecule has 0 heterocycles. The van der Waals surface area contributed by atoms with E-state index in [0.29, 0.717) is 12.8 Å². The van der Waals surface area contributed by atoms with Gasteiger partial charge in [0.1, 0.15) is 17.9 Å². The van der Waals surface area contributed by atoms with Crippen LogP contribution in [0.3, 0.4) is 0 Å². The highest BCUT2D eigenvalue weighted by Crippen LogP contribution is 2.13. The zero-order valence-electron chi connectivity index (χ0n) is 9.52. The van der Waals surface area contributed by atoms with Crippen molar-refractivity contribution in [1.29, 1.82) is 0 Å². The summed E-state index contributed by atoms with van der Waals surface area (Å²) in [7, 11) is 0. The fourth-order valence-corrected chi connectivity index (χ4v) is 1.39. The largest absolute Gasteiger partial charge is 0.426 e. The van der Waals surface area contributed by atoms with Crippen LogP contribution < -0.4 is 4.74 Å². The number of esters is 1. The molecular formula is C13H15FO3. The summed E-state index contributed by atoms with van der Waals surface area (Å²) in [6, 6.07) is 5.48. The Labute approximate surface area is 99.6 Å². The Kier molecular flexibility index (Phi) is 5.93. The van der Waals surface area contributed by atoms with E-state index in [-0.39, 0.29) is 18.1 Å². The first-order valence-corrected chi connectivity index (χ1v) is 5.62. The van der Waals surface area contributed by atoms with Gasteiger partial charge in [0, 0.05) is 18.9 Å². The Morgan fingerprint density at radius 1 is 1.29 bits per heavy atom. The molecule has 0 aliphatic carbocycles. The lowest BCUT2D eigenvalue weighted by Crippen LogP contribution is -2.07. The molecule has 4 heteroatoms. The van der Waals surface area contributed by atoms with Gasteiger partial charge < -0.3 is 9.53 Å². The number of ether oxygens (including phenoxy) is 1. The van der Waals surface area contributed by atoms with E-state index < -0.39 is 5.82 Å². The van der Waals surface area contributed by atoms with Crippen molar-refractivity contribution in [2.75, 3.05) is 0 Å². The predicted molar refractivity (Wildman–Crippen MR) is 61.2 cm³/mol. The number of aldehydes is 1. The van der Waals surface area contributed by atoms with Crippen molar-refractivity contribution in [3.63, 3.8) is 0 Å². The van der Waals surface area contributed by atoms with Gasteiger partial charge in [-0.25, -0.2) is 4.39 Å². The number of halogens is 1. The second-order valence-electron chi connectivity index (χ2n) is 3.70. The average Bonchev–Trinajstić information content (AvgIpc) is 2.29. The summed E-state index contributed by atoms with van der Waals surface area (Å²) in [5.41, 5.74) is 0. The van der Waals surface area contributed by atoms with Crippen molar-refractivity contribution >= 4 is 12.3 Å². The minimum absolute atomic E-state index is 0.225. The van der Waals surface area contributed by atoms with Crippen LogP contribution in [0.4, 0.5) is 4.39 Å². The number of hydrogen-bond donors (Lipinski definition) is 0. The zero-order chi connectivity index (χ0) is 12.5. The van der Waals surface area contributed by atoms with Gasteiger partial charge in [-0.15, -0.1) is 0 Å². The van der Waals surface area contributed by atoms with E-state index in [4.69, 9.17) is 4.74 Å². The van der Waals surface area contributed by atoms with Crippen LogP contribution in [0.25, 0.3) is 0 Å². The Hall–Kier alpha value is -1.71. The second kappa shape index (κ2) is 7.54. The molecule has 0 aromatic heterocycles. The Bertz CT molecular complexity index is 377. The van der Waals surface area contributed by atoms with Crippen molar-refractivity contribution in [3.8, 4) is 5.75 Å². The summed E-state index contributed by atoms with van der Waals surface area (Å²) in [5.74, 6) is -0.578. The Morgan fingerprint density at radius 3 is 2.82 bits per heavy atom. The number of benzene rings is 1. The minimum atomic E-state index is -0.429. The van der Waals surface area contributed by atoms with Crippen molar-refractivity contribution in [1.82, 2.24) is 0 Å². The van der Waals surface area contributed by atoms with E-state index in [2.05, 4.69) is 0 Å². The first kappa shape index (κ1) is 13.4. The van der Waals surface area contributed by atoms with Gasteiger partial charge in [0.25, 0.3) is 0 Å². The third kappa shape index (κ3) is 5.80. The molecule has 92 valence electrons. The van der Waals surface area contributed by atoms with Crippen LogP contribution in [0.1, 0.15) is 32.1 Å². The third-order valence-electron chi connectivity index (χ3n) is 2.23. The molecule has 0 atom stereocenters. The number of rotatable bonds is 7. The molecule has 0 amide bonds. The van der Waals surface area contributed by atoms with Crippen molar-refractivity contribution < 1.29 is 18.7 Å². The first-order chi connectivity index (χ1) is 8.22. The van der Waals surface area contributed by atoms with Gasteiger partial charge in [-0.3, -0.25) is 4.79 Å². The lowest BCUT2D eigenvalue weighted by Gasteiger charge is -2.03. The summed E-state index contributed by atoms with van der Waals surface area (Å²) in [6.07, 6.45) is 3.97. The highest BCUT2D eigenvalue weighted by atomic mass is 19.1. The molecule has 1 aromatic carbocycles. The fraction of sp³-hybridized carbons (Fsp3) is 0.385. The molecule has 0 saturated heterocycles. The van der Waals surface area contributed by atoms with E-state index >= 15 is 0 Å². The maximum Gasteiger partial charge on any atom is 0.311 e. The molecule has 3 nitrogen and oxygen atoms in total. The summed E-state index contributed by atoms with van der Waals surface area (Å²) in [6.45, 7) is 0. The number of unbranched alkanes of at least 4 members (excludes halogenated alkanes) is 3. The van der Waals surface area contributed by atoms with Crippen LogP contribution >= 0.6 is 0 Å². The van der Waals surface area contributed by atoms with E-state index in [1.54, 1.807) is 0 Å². The lowest BCUT2D eigenvalue weighted by atomic mass is 10.1. The molecule has 0 N–H and O–H groups in total. The van der Waals surface area contributed by atoms with Gasteiger partial charge in [-0.1, -0.05) is 12.5 Å². The fourth-order valence-electron chi connectivity index (χ4n) is 1.39. The van der Waals surface area contributed by atoms with Gasteiger partial charge in [0.05, 0.1) is 0 Å². The molecule has 0 bridgehead atoms. The summed E-state index contributed by atoms with van der Waals surface area (Å²) < 4.78 is 17.7. The summed E-state index contributed by atoms with van der Waals surface area (Å²) >= 11 is 0. The Balaban J connectivity index is 2.23. The number of carbonyl (C=O) groups is 2. The molecule has 0 aliphatic rings. The topological polar surface area (TPSA) is 43.4 Å². The van der Waals surface area contributed by atoms with Crippen LogP contribution in [0, 0.1) is 5.82 Å². The Morgan fingerprint density at radius 2 is 2.12 bits per heavy atom. The molecule has 1 rings (SSSR count). The van der Waals surface area contributed by atoms with Crippen molar-refractivity contribution in [3.05, 3.63) is 30.1 Å². The molecule has 0 radical (unpaired) electrons. The normalized spacial score (nSPS) is 9.94. The van der Waals surface area contributed by atoms with E-state index in [1.165, 1.54) is 24.3 Å². The quantitative estimate of drug-likeness (QED) is 0.317. The average molecular weight is 238 g/mol. The standard InChI is InChI=1S/C13H15FO3/c14-11-6-5-7-12(10-11)17-13(16)8-3-1-2-4-9-15/h5-7,9-10H,1-4,8H2. The van der Waals surface area contributed by atoms with Crippen LogP contribution in [0.5, 0.6) is 5.75 Å². The molecular weight excluding hydrogens is 223 g/mol. The van der Waals surface area contributed by atoms with Crippen molar-refractivity contribution in [2.45, 2.75) is 32.1 Å². The summed E-state index contributed by atoms with van der Waals surface area (Å²) in [5, 5.41) is 0. The van der Waals surface area contributed by atoms with Crippen LogP contribution in [-0.2, 0) is 9.59 Å². The molecule has 0 aliphatic heterocycles.